The Labute approximate surface area is 52.7 Å². The summed E-state index contributed by atoms with van der Waals surface area (Å²) >= 11 is 0. The van der Waals surface area contributed by atoms with Crippen LogP contribution in [0, 0.1) is 6.92 Å². The molecule has 1 radical (unpaired) electrons. The molecule has 9 heavy (non-hydrogen) atoms. The van der Waals surface area contributed by atoms with Crippen LogP contribution >= 0.6 is 0 Å². The van der Waals surface area contributed by atoms with Crippen molar-refractivity contribution in [2.24, 2.45) is 14.1 Å². The minimum Gasteiger partial charge on any atom is -0.282 e. The second-order valence-electron chi connectivity index (χ2n) is 1.88. The van der Waals surface area contributed by atoms with Crippen LogP contribution in [0.15, 0.2) is 4.79 Å². The zero-order chi connectivity index (χ0) is 7.02. The number of rotatable bonds is 0. The summed E-state index contributed by atoms with van der Waals surface area (Å²) in [6.07, 6.45) is 0. The third kappa shape index (κ3) is 0.759. The predicted molar refractivity (Wildman–Crippen MR) is 32.9 cm³/mol. The van der Waals surface area contributed by atoms with E-state index in [0.717, 1.165) is 0 Å². The molecule has 0 saturated carbocycles. The van der Waals surface area contributed by atoms with Crippen molar-refractivity contribution >= 4 is 0 Å². The van der Waals surface area contributed by atoms with Gasteiger partial charge in [0.05, 0.1) is 0 Å². The van der Waals surface area contributed by atoms with Gasteiger partial charge in [-0.25, -0.2) is 9.48 Å². The first-order valence-corrected chi connectivity index (χ1v) is 2.55. The van der Waals surface area contributed by atoms with E-state index in [9.17, 15) is 4.79 Å². The maximum Gasteiger partial charge on any atom is 0.345 e. The van der Waals surface area contributed by atoms with E-state index in [1.807, 2.05) is 0 Å². The van der Waals surface area contributed by atoms with Crippen molar-refractivity contribution < 1.29 is 0 Å². The standard InChI is InChI=1S/C5H8N3O/c1-4-6-8(3)5(9)7(4)2/h1H2,2-3H3. The Morgan fingerprint density at radius 3 is 2.22 bits per heavy atom. The molecule has 0 aliphatic rings. The topological polar surface area (TPSA) is 39.8 Å². The van der Waals surface area contributed by atoms with E-state index in [1.165, 1.54) is 9.25 Å². The van der Waals surface area contributed by atoms with Gasteiger partial charge in [0.15, 0.2) is 0 Å². The molecule has 4 nitrogen and oxygen atoms in total. The molecule has 0 fully saturated rings. The minimum atomic E-state index is -0.139. The van der Waals surface area contributed by atoms with E-state index in [2.05, 4.69) is 12.0 Å². The highest BCUT2D eigenvalue weighted by atomic mass is 16.2. The van der Waals surface area contributed by atoms with Crippen molar-refractivity contribution in [2.75, 3.05) is 0 Å². The lowest BCUT2D eigenvalue weighted by molar-refractivity contribution is 0.714. The molecule has 0 unspecified atom stereocenters. The molecule has 0 atom stereocenters. The van der Waals surface area contributed by atoms with Crippen LogP contribution in [0.1, 0.15) is 5.82 Å². The van der Waals surface area contributed by atoms with Gasteiger partial charge < -0.3 is 0 Å². The third-order valence-corrected chi connectivity index (χ3v) is 1.22. The highest BCUT2D eigenvalue weighted by molar-refractivity contribution is 4.88. The monoisotopic (exact) mass is 126 g/mol. The Hall–Kier alpha value is -1.06. The smallest absolute Gasteiger partial charge is 0.282 e. The first-order valence-electron chi connectivity index (χ1n) is 2.55. The molecule has 0 aliphatic heterocycles. The molecule has 0 N–H and O–H groups in total. The quantitative estimate of drug-likeness (QED) is 0.461. The van der Waals surface area contributed by atoms with Gasteiger partial charge in [0.1, 0.15) is 5.82 Å². The van der Waals surface area contributed by atoms with Crippen LogP contribution in [0.5, 0.6) is 0 Å². The van der Waals surface area contributed by atoms with Crippen LogP contribution in [0.25, 0.3) is 0 Å². The minimum absolute atomic E-state index is 0.139. The highest BCUT2D eigenvalue weighted by Gasteiger charge is 1.99. The summed E-state index contributed by atoms with van der Waals surface area (Å²) in [6, 6.07) is 0. The Morgan fingerprint density at radius 2 is 2.11 bits per heavy atom. The summed E-state index contributed by atoms with van der Waals surface area (Å²) in [6.45, 7) is 3.53. The van der Waals surface area contributed by atoms with Crippen molar-refractivity contribution in [1.82, 2.24) is 14.3 Å². The maximum atomic E-state index is 10.8. The van der Waals surface area contributed by atoms with Gasteiger partial charge in [-0.1, -0.05) is 0 Å². The fraction of sp³-hybridized carbons (Fsp3) is 0.400. The summed E-state index contributed by atoms with van der Waals surface area (Å²) in [5, 5.41) is 3.77. The normalized spacial score (nSPS) is 10.1. The third-order valence-electron chi connectivity index (χ3n) is 1.22. The summed E-state index contributed by atoms with van der Waals surface area (Å²) in [5.74, 6) is 0.488. The van der Waals surface area contributed by atoms with Gasteiger partial charge >= 0.3 is 5.69 Å². The van der Waals surface area contributed by atoms with Crippen molar-refractivity contribution in [3.8, 4) is 0 Å². The van der Waals surface area contributed by atoms with Crippen LogP contribution in [0.2, 0.25) is 0 Å². The first kappa shape index (κ1) is 6.07. The van der Waals surface area contributed by atoms with E-state index in [0.29, 0.717) is 5.82 Å². The summed E-state index contributed by atoms with van der Waals surface area (Å²) in [7, 11) is 3.23. The van der Waals surface area contributed by atoms with E-state index in [-0.39, 0.29) is 5.69 Å². The molecule has 1 rings (SSSR count). The Morgan fingerprint density at radius 1 is 1.56 bits per heavy atom. The fourth-order valence-electron chi connectivity index (χ4n) is 0.610. The molecule has 0 amide bonds. The molecule has 0 aliphatic carbocycles. The molecular formula is C5H8N3O. The van der Waals surface area contributed by atoms with Gasteiger partial charge in [0.25, 0.3) is 0 Å². The van der Waals surface area contributed by atoms with Gasteiger partial charge in [-0.15, -0.1) is 0 Å². The average Bonchev–Trinajstić information content (AvgIpc) is 1.98. The zero-order valence-corrected chi connectivity index (χ0v) is 5.46. The summed E-state index contributed by atoms with van der Waals surface area (Å²) in [4.78, 5) is 10.8. The molecule has 1 aromatic rings. The lowest BCUT2D eigenvalue weighted by Gasteiger charge is -1.83. The van der Waals surface area contributed by atoms with Gasteiger partial charge in [-0.2, -0.15) is 5.10 Å². The summed E-state index contributed by atoms with van der Waals surface area (Å²) in [5.41, 5.74) is -0.139. The molecule has 0 saturated heterocycles. The van der Waals surface area contributed by atoms with Crippen molar-refractivity contribution in [3.63, 3.8) is 0 Å². The van der Waals surface area contributed by atoms with E-state index in [1.54, 1.807) is 14.1 Å². The SMILES string of the molecule is [CH2]c1nn(C)c(=O)n1C. The maximum absolute atomic E-state index is 10.8. The summed E-state index contributed by atoms with van der Waals surface area (Å²) < 4.78 is 2.64. The molecule has 1 aromatic heterocycles. The molecule has 0 spiro atoms. The lowest BCUT2D eigenvalue weighted by atomic mass is 10.7. The van der Waals surface area contributed by atoms with E-state index < -0.39 is 0 Å². The van der Waals surface area contributed by atoms with E-state index >= 15 is 0 Å². The van der Waals surface area contributed by atoms with Crippen molar-refractivity contribution in [3.05, 3.63) is 23.2 Å². The number of aromatic nitrogens is 3. The second-order valence-corrected chi connectivity index (χ2v) is 1.88. The fourth-order valence-corrected chi connectivity index (χ4v) is 0.610. The second kappa shape index (κ2) is 1.72. The molecule has 49 valence electrons. The van der Waals surface area contributed by atoms with Crippen LogP contribution < -0.4 is 5.69 Å². The Bertz CT molecular complexity index is 270. The van der Waals surface area contributed by atoms with Gasteiger partial charge in [0.2, 0.25) is 0 Å². The molecule has 4 heteroatoms. The van der Waals surface area contributed by atoms with Gasteiger partial charge in [-0.3, -0.25) is 4.57 Å². The highest BCUT2D eigenvalue weighted by Crippen LogP contribution is 1.80. The van der Waals surface area contributed by atoms with Crippen LogP contribution in [0.3, 0.4) is 0 Å². The molecule has 0 bridgehead atoms. The number of aryl methyl sites for hydroxylation is 1. The lowest BCUT2D eigenvalue weighted by Crippen LogP contribution is -2.20. The predicted octanol–water partition coefficient (Wildman–Crippen LogP) is -0.699. The number of nitrogens with zero attached hydrogens (tertiary/aromatic N) is 3. The number of hydrogen-bond donors (Lipinski definition) is 0. The van der Waals surface area contributed by atoms with Gasteiger partial charge in [-0.05, 0) is 0 Å². The van der Waals surface area contributed by atoms with Crippen LogP contribution in [-0.4, -0.2) is 14.3 Å². The van der Waals surface area contributed by atoms with Crippen LogP contribution in [-0.2, 0) is 14.1 Å². The first-order chi connectivity index (χ1) is 4.13. The average molecular weight is 126 g/mol. The van der Waals surface area contributed by atoms with Crippen LogP contribution in [0.4, 0.5) is 0 Å². The molecule has 0 aromatic carbocycles. The Kier molecular flexibility index (Phi) is 1.16. The molecular weight excluding hydrogens is 118 g/mol. The molecule has 1 heterocycles. The zero-order valence-electron chi connectivity index (χ0n) is 5.46. The van der Waals surface area contributed by atoms with Crippen molar-refractivity contribution in [2.45, 2.75) is 0 Å². The van der Waals surface area contributed by atoms with Gasteiger partial charge in [0, 0.05) is 21.0 Å². The van der Waals surface area contributed by atoms with Crippen molar-refractivity contribution in [1.29, 1.82) is 0 Å². The number of hydrogen-bond acceptors (Lipinski definition) is 2. The largest absolute Gasteiger partial charge is 0.345 e. The van der Waals surface area contributed by atoms with E-state index in [4.69, 9.17) is 0 Å². The Balaban J connectivity index is 3.48.